The molecule has 6 heteroatoms. The van der Waals surface area contributed by atoms with E-state index < -0.39 is 0 Å². The maximum atomic E-state index is 12.9. The van der Waals surface area contributed by atoms with Crippen molar-refractivity contribution in [1.29, 1.82) is 0 Å². The number of rotatable bonds is 7. The van der Waals surface area contributed by atoms with Crippen molar-refractivity contribution in [2.24, 2.45) is 5.92 Å². The number of nitrogens with one attached hydrogen (secondary N) is 1. The number of nitrogens with zero attached hydrogens (tertiary/aromatic N) is 2. The second-order valence-electron chi connectivity index (χ2n) is 7.00. The lowest BCUT2D eigenvalue weighted by atomic mass is 9.93. The van der Waals surface area contributed by atoms with E-state index in [1.54, 1.807) is 29.3 Å². The Hall–Kier alpha value is -1.24. The SMILES string of the molecule is COCCNC1CCc2c(sc3ncn(CCC(C)C)c(=O)c23)C1. The first-order chi connectivity index (χ1) is 11.6. The first kappa shape index (κ1) is 17.6. The van der Waals surface area contributed by atoms with Gasteiger partial charge in [0.2, 0.25) is 0 Å². The Morgan fingerprint density at radius 1 is 1.50 bits per heavy atom. The first-order valence-corrected chi connectivity index (χ1v) is 9.63. The number of methoxy groups -OCH3 is 1. The van der Waals surface area contributed by atoms with E-state index in [0.29, 0.717) is 12.0 Å². The highest BCUT2D eigenvalue weighted by atomic mass is 32.1. The van der Waals surface area contributed by atoms with Crippen LogP contribution in [0.4, 0.5) is 0 Å². The van der Waals surface area contributed by atoms with E-state index in [2.05, 4.69) is 24.1 Å². The second-order valence-corrected chi connectivity index (χ2v) is 8.08. The molecule has 0 saturated heterocycles. The molecule has 1 unspecified atom stereocenters. The van der Waals surface area contributed by atoms with E-state index in [1.807, 2.05) is 0 Å². The average Bonchev–Trinajstić information content (AvgIpc) is 2.92. The minimum Gasteiger partial charge on any atom is -0.383 e. The Bertz CT molecular complexity index is 751. The van der Waals surface area contributed by atoms with Gasteiger partial charge in [0.1, 0.15) is 4.83 Å². The van der Waals surface area contributed by atoms with Crippen LogP contribution < -0.4 is 10.9 Å². The minimum atomic E-state index is 0.143. The van der Waals surface area contributed by atoms with Crippen molar-refractivity contribution in [3.05, 3.63) is 27.1 Å². The van der Waals surface area contributed by atoms with Crippen LogP contribution >= 0.6 is 11.3 Å². The van der Waals surface area contributed by atoms with Crippen LogP contribution in [0.3, 0.4) is 0 Å². The third-order valence-corrected chi connectivity index (χ3v) is 5.88. The van der Waals surface area contributed by atoms with Crippen LogP contribution in [0.25, 0.3) is 10.2 Å². The maximum Gasteiger partial charge on any atom is 0.262 e. The van der Waals surface area contributed by atoms with E-state index >= 15 is 0 Å². The molecule has 0 aromatic carbocycles. The molecule has 0 aliphatic heterocycles. The van der Waals surface area contributed by atoms with Gasteiger partial charge in [-0.2, -0.15) is 0 Å². The van der Waals surface area contributed by atoms with Crippen molar-refractivity contribution in [3.63, 3.8) is 0 Å². The van der Waals surface area contributed by atoms with Gasteiger partial charge in [0.05, 0.1) is 18.3 Å². The molecule has 0 saturated carbocycles. The average molecular weight is 350 g/mol. The van der Waals surface area contributed by atoms with Crippen LogP contribution in [-0.4, -0.2) is 35.9 Å². The molecule has 2 heterocycles. The summed E-state index contributed by atoms with van der Waals surface area (Å²) in [6, 6.07) is 0.476. The minimum absolute atomic E-state index is 0.143. The monoisotopic (exact) mass is 349 g/mol. The zero-order chi connectivity index (χ0) is 17.1. The van der Waals surface area contributed by atoms with E-state index in [0.717, 1.165) is 55.6 Å². The van der Waals surface area contributed by atoms with Gasteiger partial charge in [0.15, 0.2) is 0 Å². The van der Waals surface area contributed by atoms with Crippen molar-refractivity contribution in [2.75, 3.05) is 20.3 Å². The fraction of sp³-hybridized carbons (Fsp3) is 0.667. The number of hydrogen-bond acceptors (Lipinski definition) is 5. The molecule has 1 aliphatic rings. The fourth-order valence-electron chi connectivity index (χ4n) is 3.30. The molecule has 132 valence electrons. The molecule has 1 N–H and O–H groups in total. The maximum absolute atomic E-state index is 12.9. The van der Waals surface area contributed by atoms with E-state index in [4.69, 9.17) is 4.74 Å². The molecule has 0 fully saturated rings. The molecule has 1 aliphatic carbocycles. The van der Waals surface area contributed by atoms with Crippen molar-refractivity contribution >= 4 is 21.6 Å². The van der Waals surface area contributed by atoms with E-state index in [9.17, 15) is 4.79 Å². The summed E-state index contributed by atoms with van der Waals surface area (Å²) in [4.78, 5) is 19.7. The second kappa shape index (κ2) is 7.76. The van der Waals surface area contributed by atoms with Crippen molar-refractivity contribution < 1.29 is 4.74 Å². The fourth-order valence-corrected chi connectivity index (χ4v) is 4.55. The van der Waals surface area contributed by atoms with Crippen LogP contribution in [-0.2, 0) is 24.1 Å². The molecule has 24 heavy (non-hydrogen) atoms. The molecule has 0 amide bonds. The molecule has 0 spiro atoms. The summed E-state index contributed by atoms with van der Waals surface area (Å²) in [5.74, 6) is 0.586. The van der Waals surface area contributed by atoms with Gasteiger partial charge in [-0.25, -0.2) is 4.98 Å². The van der Waals surface area contributed by atoms with Gasteiger partial charge < -0.3 is 10.1 Å². The van der Waals surface area contributed by atoms with E-state index in [-0.39, 0.29) is 5.56 Å². The molecular weight excluding hydrogens is 322 g/mol. The summed E-state index contributed by atoms with van der Waals surface area (Å²) in [6.07, 6.45) is 5.76. The van der Waals surface area contributed by atoms with Crippen LogP contribution in [0.1, 0.15) is 37.1 Å². The number of hydrogen-bond donors (Lipinski definition) is 1. The molecule has 3 rings (SSSR count). The van der Waals surface area contributed by atoms with Gasteiger partial charge in [0.25, 0.3) is 5.56 Å². The van der Waals surface area contributed by atoms with Crippen LogP contribution in [0.2, 0.25) is 0 Å². The quantitative estimate of drug-likeness (QED) is 0.781. The Morgan fingerprint density at radius 2 is 2.33 bits per heavy atom. The van der Waals surface area contributed by atoms with E-state index in [1.165, 1.54) is 10.4 Å². The largest absolute Gasteiger partial charge is 0.383 e. The first-order valence-electron chi connectivity index (χ1n) is 8.82. The Kier molecular flexibility index (Phi) is 5.69. The topological polar surface area (TPSA) is 56.1 Å². The Morgan fingerprint density at radius 3 is 3.08 bits per heavy atom. The van der Waals surface area contributed by atoms with Crippen molar-refractivity contribution in [1.82, 2.24) is 14.9 Å². The third-order valence-electron chi connectivity index (χ3n) is 4.72. The number of aromatic nitrogens is 2. The smallest absolute Gasteiger partial charge is 0.262 e. The number of ether oxygens (including phenoxy) is 1. The molecular formula is C18H27N3O2S. The summed E-state index contributed by atoms with van der Waals surface area (Å²) in [5.41, 5.74) is 1.39. The summed E-state index contributed by atoms with van der Waals surface area (Å²) < 4.78 is 6.89. The molecule has 2 aromatic heterocycles. The third kappa shape index (κ3) is 3.71. The van der Waals surface area contributed by atoms with Crippen molar-refractivity contribution in [2.45, 2.75) is 52.1 Å². The van der Waals surface area contributed by atoms with Crippen molar-refractivity contribution in [3.8, 4) is 0 Å². The number of thiophene rings is 1. The summed E-state index contributed by atoms with van der Waals surface area (Å²) in [5, 5.41) is 4.42. The van der Waals surface area contributed by atoms with Gasteiger partial charge in [-0.1, -0.05) is 13.8 Å². The Labute approximate surface area is 147 Å². The molecule has 0 bridgehead atoms. The lowest BCUT2D eigenvalue weighted by Gasteiger charge is -2.23. The summed E-state index contributed by atoms with van der Waals surface area (Å²) in [6.45, 7) is 6.73. The van der Waals surface area contributed by atoms with Crippen LogP contribution in [0.5, 0.6) is 0 Å². The van der Waals surface area contributed by atoms with Gasteiger partial charge in [-0.05, 0) is 37.2 Å². The summed E-state index contributed by atoms with van der Waals surface area (Å²) >= 11 is 1.69. The zero-order valence-electron chi connectivity index (χ0n) is 14.8. The Balaban J connectivity index is 1.83. The van der Waals surface area contributed by atoms with Crippen LogP contribution in [0, 0.1) is 5.92 Å². The van der Waals surface area contributed by atoms with Gasteiger partial charge in [-0.3, -0.25) is 9.36 Å². The highest BCUT2D eigenvalue weighted by Crippen LogP contribution is 2.33. The predicted octanol–water partition coefficient (Wildman–Crippen LogP) is 2.60. The molecule has 1 atom stereocenters. The molecule has 2 aromatic rings. The van der Waals surface area contributed by atoms with Crippen LogP contribution in [0.15, 0.2) is 11.1 Å². The summed E-state index contributed by atoms with van der Waals surface area (Å²) in [7, 11) is 1.72. The number of aryl methyl sites for hydroxylation is 2. The normalized spacial score (nSPS) is 17.6. The predicted molar refractivity (Wildman–Crippen MR) is 99.0 cm³/mol. The molecule has 0 radical (unpaired) electrons. The lowest BCUT2D eigenvalue weighted by Crippen LogP contribution is -2.36. The van der Waals surface area contributed by atoms with Gasteiger partial charge >= 0.3 is 0 Å². The highest BCUT2D eigenvalue weighted by Gasteiger charge is 2.24. The standard InChI is InChI=1S/C18H27N3O2S/c1-12(2)6-8-21-11-20-17-16(18(21)22)14-5-4-13(10-15(14)24-17)19-7-9-23-3/h11-13,19H,4-10H2,1-3H3. The van der Waals surface area contributed by atoms with Gasteiger partial charge in [0, 0.05) is 31.1 Å². The highest BCUT2D eigenvalue weighted by molar-refractivity contribution is 7.18. The zero-order valence-corrected chi connectivity index (χ0v) is 15.6. The van der Waals surface area contributed by atoms with Gasteiger partial charge in [-0.15, -0.1) is 11.3 Å². The number of fused-ring (bicyclic) bond motifs is 3. The lowest BCUT2D eigenvalue weighted by molar-refractivity contribution is 0.194. The molecule has 5 nitrogen and oxygen atoms in total.